The highest BCUT2D eigenvalue weighted by Crippen LogP contribution is 2.46. The lowest BCUT2D eigenvalue weighted by Crippen LogP contribution is -2.31. The molecule has 0 spiro atoms. The second-order valence-corrected chi connectivity index (χ2v) is 35.2. The van der Waals surface area contributed by atoms with E-state index in [0.717, 1.165) is 112 Å². The number of aromatic nitrogens is 8. The summed E-state index contributed by atoms with van der Waals surface area (Å²) in [7, 11) is 8.55. The molecule has 590 valence electrons. The molecule has 0 bridgehead atoms. The van der Waals surface area contributed by atoms with Crippen molar-refractivity contribution < 1.29 is 35.9 Å². The number of nitrogens with zero attached hydrogens (tertiary/aromatic N) is 8. The maximum absolute atomic E-state index is 6.51. The molecule has 0 saturated heterocycles. The van der Waals surface area contributed by atoms with Crippen LogP contribution in [0.15, 0.2) is 188 Å². The van der Waals surface area contributed by atoms with E-state index in [4.69, 9.17) is 32.6 Å². The molecule has 5 aliphatic carbocycles. The number of fused-ring (bicyclic) bond motifs is 12. The second kappa shape index (κ2) is 32.4. The summed E-state index contributed by atoms with van der Waals surface area (Å²) in [6, 6.07) is 53.4. The van der Waals surface area contributed by atoms with Crippen molar-refractivity contribution in [2.75, 3.05) is 0 Å². The number of benzene rings is 4. The molecule has 12 aromatic heterocycles. The van der Waals surface area contributed by atoms with E-state index in [0.29, 0.717) is 29.6 Å². The largest absolute Gasteiger partial charge is 0.437 e. The predicted octanol–water partition coefficient (Wildman–Crippen LogP) is 25.8. The van der Waals surface area contributed by atoms with Gasteiger partial charge in [0.25, 0.3) is 0 Å². The van der Waals surface area contributed by atoms with Crippen LogP contribution < -0.4 is 18.3 Å². The Morgan fingerprint density at radius 1 is 0.319 bits per heavy atom. The summed E-state index contributed by atoms with van der Waals surface area (Å²) in [5.41, 5.74) is 31.6. The number of hydrogen-bond donors (Lipinski definition) is 0. The normalized spacial score (nSPS) is 16.0. The SMILES string of the molecule is CCc1ccc2c(n1)oc1c(-c3cc(C4CCCC4)cc[n+]3C)c(C)ccc12.Cc1ccc2c(n1)oc1c(-c3cc(C4CCCC4)cc[n+]3C)c(C)ccc12.Cc1ccc2c(oc3nc(C(C)C)ccc32)c1-c1cc(C2CCCC2)cc[n+]1C.Cc1ccc2c(oc3nc(C4CCCCC4)ccc32)c1-c1ccc(C2CCCC2)c[n+]1C. The van der Waals surface area contributed by atoms with Crippen LogP contribution in [-0.2, 0) is 34.6 Å². The number of pyridine rings is 8. The fraction of sp³-hybridized carbons (Fsp3) is 0.385. The summed E-state index contributed by atoms with van der Waals surface area (Å²) >= 11 is 0. The lowest BCUT2D eigenvalue weighted by atomic mass is 9.86. The van der Waals surface area contributed by atoms with Gasteiger partial charge < -0.3 is 17.7 Å². The summed E-state index contributed by atoms with van der Waals surface area (Å²) in [6.07, 6.45) is 37.7. The van der Waals surface area contributed by atoms with Crippen LogP contribution in [0.4, 0.5) is 0 Å². The topological polar surface area (TPSA) is 120 Å². The molecule has 0 aliphatic heterocycles. The van der Waals surface area contributed by atoms with Crippen molar-refractivity contribution in [2.45, 2.75) is 232 Å². The Morgan fingerprint density at radius 3 is 1.08 bits per heavy atom. The molecule has 5 fully saturated rings. The molecule has 116 heavy (non-hydrogen) atoms. The molecule has 12 nitrogen and oxygen atoms in total. The van der Waals surface area contributed by atoms with Crippen LogP contribution in [-0.4, -0.2) is 19.9 Å². The van der Waals surface area contributed by atoms with Gasteiger partial charge in [0.15, 0.2) is 47.1 Å². The number of rotatable bonds is 11. The first-order valence-electron chi connectivity index (χ1n) is 43.8. The van der Waals surface area contributed by atoms with Crippen LogP contribution in [0.25, 0.3) is 133 Å². The third-order valence-electron chi connectivity index (χ3n) is 27.1. The van der Waals surface area contributed by atoms with Crippen molar-refractivity contribution in [1.82, 2.24) is 19.9 Å². The molecule has 21 rings (SSSR count). The van der Waals surface area contributed by atoms with Crippen molar-refractivity contribution in [3.63, 3.8) is 0 Å². The minimum absolute atomic E-state index is 0.384. The van der Waals surface area contributed by atoms with Gasteiger partial charge in [0.1, 0.15) is 28.2 Å². The van der Waals surface area contributed by atoms with Crippen molar-refractivity contribution in [1.29, 1.82) is 0 Å². The van der Waals surface area contributed by atoms with Crippen LogP contribution in [0.2, 0.25) is 0 Å². The van der Waals surface area contributed by atoms with E-state index in [1.54, 1.807) is 0 Å². The maximum Gasteiger partial charge on any atom is 0.227 e. The molecule has 0 atom stereocenters. The first-order valence-corrected chi connectivity index (χ1v) is 43.8. The van der Waals surface area contributed by atoms with Gasteiger partial charge >= 0.3 is 0 Å². The Labute approximate surface area is 683 Å². The quantitative estimate of drug-likeness (QED) is 0.117. The molecule has 12 heterocycles. The van der Waals surface area contributed by atoms with E-state index in [-0.39, 0.29) is 0 Å². The lowest BCUT2D eigenvalue weighted by molar-refractivity contribution is -0.660. The van der Waals surface area contributed by atoms with Crippen molar-refractivity contribution in [3.8, 4) is 45.0 Å². The molecular weight excluding hydrogens is 1430 g/mol. The molecule has 0 amide bonds. The van der Waals surface area contributed by atoms with Gasteiger partial charge in [0, 0.05) is 120 Å². The Kier molecular flexibility index (Phi) is 21.4. The second-order valence-electron chi connectivity index (χ2n) is 35.2. The van der Waals surface area contributed by atoms with E-state index in [1.807, 2.05) is 6.92 Å². The Bertz CT molecular complexity index is 6400. The zero-order valence-corrected chi connectivity index (χ0v) is 70.4. The predicted molar refractivity (Wildman–Crippen MR) is 470 cm³/mol. The van der Waals surface area contributed by atoms with Gasteiger partial charge in [0.2, 0.25) is 45.6 Å². The zero-order chi connectivity index (χ0) is 79.6. The fourth-order valence-electron chi connectivity index (χ4n) is 20.3. The Balaban J connectivity index is 0.000000107. The minimum Gasteiger partial charge on any atom is -0.437 e. The molecule has 4 aromatic carbocycles. The van der Waals surface area contributed by atoms with Crippen LogP contribution in [0.3, 0.4) is 0 Å². The van der Waals surface area contributed by atoms with Gasteiger partial charge in [-0.2, -0.15) is 0 Å². The highest BCUT2D eigenvalue weighted by Gasteiger charge is 2.32. The average molecular weight is 1540 g/mol. The molecule has 0 N–H and O–H groups in total. The molecular formula is C104H114N8O4+4. The monoisotopic (exact) mass is 1540 g/mol. The summed E-state index contributed by atoms with van der Waals surface area (Å²) in [4.78, 5) is 19.2. The van der Waals surface area contributed by atoms with Gasteiger partial charge in [-0.1, -0.05) is 140 Å². The third-order valence-corrected chi connectivity index (χ3v) is 27.1. The van der Waals surface area contributed by atoms with Gasteiger partial charge in [-0.3, -0.25) is 0 Å². The van der Waals surface area contributed by atoms with Crippen molar-refractivity contribution >= 4 is 88.3 Å². The lowest BCUT2D eigenvalue weighted by Gasteiger charge is -2.20. The average Bonchev–Trinajstić information content (AvgIpc) is 1.61. The number of aryl methyl sites for hydroxylation is 10. The van der Waals surface area contributed by atoms with E-state index in [9.17, 15) is 0 Å². The first-order chi connectivity index (χ1) is 56.5. The summed E-state index contributed by atoms with van der Waals surface area (Å²) in [5.74, 6) is 3.78. The minimum atomic E-state index is 0.384. The number of furan rings is 4. The molecule has 0 radical (unpaired) electrons. The number of hydrogen-bond acceptors (Lipinski definition) is 8. The Morgan fingerprint density at radius 2 is 0.664 bits per heavy atom. The zero-order valence-electron chi connectivity index (χ0n) is 70.4. The van der Waals surface area contributed by atoms with Crippen LogP contribution in [0.1, 0.15) is 258 Å². The fourth-order valence-corrected chi connectivity index (χ4v) is 20.3. The summed E-state index contributed by atoms with van der Waals surface area (Å²) in [5, 5.41) is 9.03. The first kappa shape index (κ1) is 76.6. The van der Waals surface area contributed by atoms with Gasteiger partial charge in [0.05, 0.1) is 22.3 Å². The molecule has 0 unspecified atom stereocenters. The van der Waals surface area contributed by atoms with Crippen molar-refractivity contribution in [3.05, 3.63) is 238 Å². The van der Waals surface area contributed by atoms with E-state index in [1.165, 1.54) is 235 Å². The third kappa shape index (κ3) is 14.7. The van der Waals surface area contributed by atoms with E-state index in [2.05, 4.69) is 270 Å². The maximum atomic E-state index is 6.51. The molecule has 16 aromatic rings. The highest BCUT2D eigenvalue weighted by molar-refractivity contribution is 6.12. The summed E-state index contributed by atoms with van der Waals surface area (Å²) in [6.45, 7) is 17.2. The van der Waals surface area contributed by atoms with E-state index < -0.39 is 0 Å². The van der Waals surface area contributed by atoms with Crippen LogP contribution in [0, 0.1) is 34.6 Å². The standard InChI is InChI=1S/C29H33N2O.C26H29N2O.C25H27N2O.C24H25N2O/c1-19-12-14-23-24-15-16-25(21-10-4-3-5-11-21)30-29(24)32-28(23)27(19)26-17-13-22(18-31(26)2)20-8-6-7-9-20;1-16(2)22-12-11-21-20-10-9-17(3)24(25(20)29-26(21)27-22)23-15-19(13-14-28(23)4)18-7-5-6-8-18;1-4-19-10-12-21-20-11-9-16(2)23(24(20)28-25(21)26-19)22-15-18(13-14-27(22)3)17-7-5-6-8-17;1-15-8-10-19-20-11-9-16(2)25-24(20)27-23(19)22(15)21-14-18(12-13-26(21)3)17-6-4-5-7-17/h12-18,20-21H,3-11H2,1-2H3;9-16,18H,5-8H2,1-4H3;9-15,17H,4-8H2,1-3H3;8-14,17H,4-7H2,1-3H3/q4*+1. The summed E-state index contributed by atoms with van der Waals surface area (Å²) < 4.78 is 34.5. The smallest absolute Gasteiger partial charge is 0.227 e. The highest BCUT2D eigenvalue weighted by atomic mass is 16.4. The molecule has 5 saturated carbocycles. The van der Waals surface area contributed by atoms with Gasteiger partial charge in [-0.25, -0.2) is 38.2 Å². The van der Waals surface area contributed by atoms with E-state index >= 15 is 0 Å². The van der Waals surface area contributed by atoms with Gasteiger partial charge in [-0.05, 0) is 228 Å². The van der Waals surface area contributed by atoms with Crippen LogP contribution in [0.5, 0.6) is 0 Å². The molecule has 5 aliphatic rings. The van der Waals surface area contributed by atoms with Crippen molar-refractivity contribution in [2.24, 2.45) is 28.2 Å². The Hall–Kier alpha value is -10.7. The van der Waals surface area contributed by atoms with Gasteiger partial charge in [-0.15, -0.1) is 0 Å². The molecule has 12 heteroatoms. The van der Waals surface area contributed by atoms with Crippen LogP contribution >= 0.6 is 0 Å².